The highest BCUT2D eigenvalue weighted by molar-refractivity contribution is 5.89. The van der Waals surface area contributed by atoms with Gasteiger partial charge in [-0.3, -0.25) is 20.2 Å². The number of esters is 1. The van der Waals surface area contributed by atoms with Crippen molar-refractivity contribution in [3.05, 3.63) is 74.3 Å². The third-order valence-corrected chi connectivity index (χ3v) is 5.65. The molecule has 250 valence electrons. The monoisotopic (exact) mass is 639 g/mol. The largest absolute Gasteiger partial charge is 0.460 e. The van der Waals surface area contributed by atoms with E-state index in [1.54, 1.807) is 24.3 Å². The van der Waals surface area contributed by atoms with Crippen LogP contribution in [0.3, 0.4) is 0 Å². The van der Waals surface area contributed by atoms with Crippen LogP contribution in [-0.4, -0.2) is 121 Å². The number of nitro benzene ring substituents is 2. The summed E-state index contributed by atoms with van der Waals surface area (Å²) in [7, 11) is 0. The number of hydrogen-bond acceptors (Lipinski definition) is 14. The van der Waals surface area contributed by atoms with Crippen molar-refractivity contribution in [3.8, 4) is 0 Å². The lowest BCUT2D eigenvalue weighted by Crippen LogP contribution is -2.16. The van der Waals surface area contributed by atoms with Gasteiger partial charge < -0.3 is 43.2 Å². The van der Waals surface area contributed by atoms with Crippen molar-refractivity contribution in [2.24, 2.45) is 0 Å². The molecule has 0 heterocycles. The van der Waals surface area contributed by atoms with Crippen molar-refractivity contribution in [2.45, 2.75) is 0 Å². The number of nitrogens with zero attached hydrogens (tertiary/aromatic N) is 2. The Labute approximate surface area is 261 Å². The number of nitrogens with one attached hydrogen (secondary N) is 1. The van der Waals surface area contributed by atoms with E-state index in [1.807, 2.05) is 6.07 Å². The summed E-state index contributed by atoms with van der Waals surface area (Å²) in [6.07, 6.45) is 0. The van der Waals surface area contributed by atoms with E-state index < -0.39 is 9.85 Å². The lowest BCUT2D eigenvalue weighted by atomic mass is 10.2. The average molecular weight is 640 g/mol. The van der Waals surface area contributed by atoms with Crippen molar-refractivity contribution >= 4 is 23.0 Å². The number of ether oxygens (including phenoxy) is 8. The normalized spacial score (nSPS) is 10.9. The van der Waals surface area contributed by atoms with Crippen LogP contribution in [0.4, 0.5) is 17.1 Å². The molecule has 0 saturated heterocycles. The van der Waals surface area contributed by atoms with Gasteiger partial charge in [0.1, 0.15) is 12.3 Å². The number of carbonyl (C=O) groups is 1. The molecule has 0 aliphatic carbocycles. The van der Waals surface area contributed by atoms with Crippen molar-refractivity contribution in [1.29, 1.82) is 0 Å². The van der Waals surface area contributed by atoms with Gasteiger partial charge >= 0.3 is 5.97 Å². The van der Waals surface area contributed by atoms with Crippen molar-refractivity contribution in [2.75, 3.05) is 111 Å². The molecule has 0 aliphatic heterocycles. The maximum Gasteiger partial charge on any atom is 0.338 e. The van der Waals surface area contributed by atoms with Crippen LogP contribution in [0.1, 0.15) is 10.4 Å². The summed E-state index contributed by atoms with van der Waals surface area (Å²) < 4.78 is 43.0. The molecule has 16 nitrogen and oxygen atoms in total. The third kappa shape index (κ3) is 18.0. The van der Waals surface area contributed by atoms with Crippen molar-refractivity contribution in [1.82, 2.24) is 0 Å². The fourth-order valence-electron chi connectivity index (χ4n) is 3.46. The molecule has 0 bridgehead atoms. The van der Waals surface area contributed by atoms with E-state index in [1.165, 1.54) is 12.1 Å². The Morgan fingerprint density at radius 1 is 0.578 bits per heavy atom. The van der Waals surface area contributed by atoms with Crippen LogP contribution in [0, 0.1) is 20.2 Å². The quantitative estimate of drug-likeness (QED) is 0.0619. The van der Waals surface area contributed by atoms with Gasteiger partial charge in [-0.1, -0.05) is 18.2 Å². The standard InChI is InChI=1S/C29H41N3O13/c33-29(25-4-2-1-3-5-25)45-23-22-44-21-20-43-19-18-42-17-16-41-15-14-40-13-12-39-11-10-38-9-8-30-27-7-6-26(31(34)35)24-28(27)32(36)37/h1-7,24,30H,8-23H2. The summed E-state index contributed by atoms with van der Waals surface area (Å²) in [6.45, 7) is 5.96. The molecule has 2 aromatic rings. The van der Waals surface area contributed by atoms with Crippen LogP contribution in [0.15, 0.2) is 48.5 Å². The predicted octanol–water partition coefficient (Wildman–Crippen LogP) is 2.89. The number of carbonyl (C=O) groups excluding carboxylic acids is 1. The van der Waals surface area contributed by atoms with E-state index in [0.717, 1.165) is 6.07 Å². The Kier molecular flexibility index (Phi) is 20.4. The molecule has 0 spiro atoms. The topological polar surface area (TPSA) is 189 Å². The number of benzene rings is 2. The Morgan fingerprint density at radius 2 is 1.02 bits per heavy atom. The maximum absolute atomic E-state index is 11.8. The fraction of sp³-hybridized carbons (Fsp3) is 0.552. The van der Waals surface area contributed by atoms with Crippen LogP contribution in [0.25, 0.3) is 0 Å². The Balaban J connectivity index is 1.26. The van der Waals surface area contributed by atoms with Gasteiger partial charge in [0.25, 0.3) is 11.4 Å². The zero-order chi connectivity index (χ0) is 32.4. The van der Waals surface area contributed by atoms with Crippen molar-refractivity contribution in [3.63, 3.8) is 0 Å². The first-order chi connectivity index (χ1) is 22.0. The molecule has 1 N–H and O–H groups in total. The zero-order valence-corrected chi connectivity index (χ0v) is 25.1. The van der Waals surface area contributed by atoms with Gasteiger partial charge in [0, 0.05) is 12.6 Å². The lowest BCUT2D eigenvalue weighted by molar-refractivity contribution is -0.393. The molecule has 0 aromatic heterocycles. The Morgan fingerprint density at radius 3 is 1.47 bits per heavy atom. The second kappa shape index (κ2) is 24.5. The van der Waals surface area contributed by atoms with E-state index in [4.69, 9.17) is 37.9 Å². The van der Waals surface area contributed by atoms with Gasteiger partial charge in [-0.05, 0) is 18.2 Å². The summed E-state index contributed by atoms with van der Waals surface area (Å²) >= 11 is 0. The third-order valence-electron chi connectivity index (χ3n) is 5.65. The molecule has 0 unspecified atom stereocenters. The second-order valence-corrected chi connectivity index (χ2v) is 8.93. The zero-order valence-electron chi connectivity index (χ0n) is 25.1. The molecular weight excluding hydrogens is 598 g/mol. The molecule has 0 atom stereocenters. The number of non-ortho nitro benzene ring substituents is 1. The highest BCUT2D eigenvalue weighted by Gasteiger charge is 2.19. The number of anilines is 1. The maximum atomic E-state index is 11.8. The first-order valence-corrected chi connectivity index (χ1v) is 14.4. The summed E-state index contributed by atoms with van der Waals surface area (Å²) in [5, 5.41) is 24.8. The SMILES string of the molecule is O=C(OCCOCCOCCOCCOCCOCCOCCOCCNc1ccc([N+](=O)[O-])cc1[N+](=O)[O-])c1ccccc1. The summed E-state index contributed by atoms with van der Waals surface area (Å²) in [6, 6.07) is 12.2. The van der Waals surface area contributed by atoms with Crippen LogP contribution < -0.4 is 5.32 Å². The number of rotatable bonds is 28. The average Bonchev–Trinajstić information content (AvgIpc) is 3.04. The predicted molar refractivity (Wildman–Crippen MR) is 161 cm³/mol. The number of hydrogen-bond donors (Lipinski definition) is 1. The first-order valence-electron chi connectivity index (χ1n) is 14.4. The van der Waals surface area contributed by atoms with Gasteiger partial charge in [-0.2, -0.15) is 0 Å². The molecule has 0 radical (unpaired) electrons. The van der Waals surface area contributed by atoms with Gasteiger partial charge in [0.2, 0.25) is 0 Å². The van der Waals surface area contributed by atoms with Crippen LogP contribution in [0.2, 0.25) is 0 Å². The summed E-state index contributed by atoms with van der Waals surface area (Å²) in [5.74, 6) is -0.374. The molecule has 45 heavy (non-hydrogen) atoms. The molecule has 0 aliphatic rings. The minimum atomic E-state index is -0.685. The van der Waals surface area contributed by atoms with Crippen LogP contribution in [-0.2, 0) is 37.9 Å². The van der Waals surface area contributed by atoms with Crippen LogP contribution >= 0.6 is 0 Å². The lowest BCUT2D eigenvalue weighted by Gasteiger charge is -2.09. The highest BCUT2D eigenvalue weighted by Crippen LogP contribution is 2.28. The minimum Gasteiger partial charge on any atom is -0.460 e. The van der Waals surface area contributed by atoms with E-state index in [0.29, 0.717) is 91.5 Å². The summed E-state index contributed by atoms with van der Waals surface area (Å²) in [5.41, 5.74) is -0.0274. The van der Waals surface area contributed by atoms with Gasteiger partial charge in [0.15, 0.2) is 0 Å². The van der Waals surface area contributed by atoms with E-state index in [2.05, 4.69) is 5.32 Å². The molecular formula is C29H41N3O13. The molecule has 0 amide bonds. The fourth-order valence-corrected chi connectivity index (χ4v) is 3.46. The second-order valence-electron chi connectivity index (χ2n) is 8.93. The van der Waals surface area contributed by atoms with Gasteiger partial charge in [0.05, 0.1) is 114 Å². The van der Waals surface area contributed by atoms with E-state index >= 15 is 0 Å². The molecule has 2 rings (SSSR count). The smallest absolute Gasteiger partial charge is 0.338 e. The first kappa shape index (κ1) is 37.4. The van der Waals surface area contributed by atoms with E-state index in [-0.39, 0.29) is 42.8 Å². The Bertz CT molecular complexity index is 1110. The number of nitro groups is 2. The molecule has 16 heteroatoms. The Hall–Kier alpha value is -3.77. The van der Waals surface area contributed by atoms with Crippen LogP contribution in [0.5, 0.6) is 0 Å². The molecule has 0 fully saturated rings. The minimum absolute atomic E-state index is 0.181. The summed E-state index contributed by atoms with van der Waals surface area (Å²) in [4.78, 5) is 32.3. The van der Waals surface area contributed by atoms with Gasteiger partial charge in [-0.25, -0.2) is 4.79 Å². The highest BCUT2D eigenvalue weighted by atomic mass is 16.6. The van der Waals surface area contributed by atoms with Gasteiger partial charge in [-0.15, -0.1) is 0 Å². The van der Waals surface area contributed by atoms with Crippen molar-refractivity contribution < 1.29 is 52.5 Å². The molecule has 2 aromatic carbocycles. The molecule has 0 saturated carbocycles. The van der Waals surface area contributed by atoms with E-state index in [9.17, 15) is 25.0 Å².